The van der Waals surface area contributed by atoms with E-state index in [1.807, 2.05) is 24.3 Å². The van der Waals surface area contributed by atoms with Crippen molar-refractivity contribution >= 4 is 11.9 Å². The van der Waals surface area contributed by atoms with Crippen LogP contribution >= 0.6 is 0 Å². The Labute approximate surface area is 165 Å². The molecule has 3 rings (SSSR count). The second-order valence-corrected chi connectivity index (χ2v) is 6.59. The van der Waals surface area contributed by atoms with Crippen LogP contribution in [0, 0.1) is 0 Å². The molecule has 1 saturated heterocycles. The number of methoxy groups -OCH3 is 2. The van der Waals surface area contributed by atoms with Crippen molar-refractivity contribution < 1.29 is 14.3 Å². The summed E-state index contributed by atoms with van der Waals surface area (Å²) in [5.41, 5.74) is 0.975. The molecule has 0 unspecified atom stereocenters. The zero-order valence-electron chi connectivity index (χ0n) is 16.4. The van der Waals surface area contributed by atoms with Crippen LogP contribution in [-0.4, -0.2) is 67.7 Å². The van der Waals surface area contributed by atoms with Gasteiger partial charge >= 0.3 is 0 Å². The first-order valence-electron chi connectivity index (χ1n) is 9.41. The van der Waals surface area contributed by atoms with Gasteiger partial charge in [0.2, 0.25) is 11.9 Å². The number of piperazine rings is 1. The quantitative estimate of drug-likeness (QED) is 0.734. The molecule has 0 spiro atoms. The summed E-state index contributed by atoms with van der Waals surface area (Å²) in [6.07, 6.45) is 4.00. The van der Waals surface area contributed by atoms with Crippen molar-refractivity contribution in [2.24, 2.45) is 0 Å². The van der Waals surface area contributed by atoms with E-state index in [0.717, 1.165) is 44.2 Å². The summed E-state index contributed by atoms with van der Waals surface area (Å²) in [6, 6.07) is 7.47. The number of benzene rings is 1. The molecule has 2 aromatic rings. The third kappa shape index (κ3) is 5.32. The zero-order chi connectivity index (χ0) is 19.8. The number of amides is 1. The first-order chi connectivity index (χ1) is 13.7. The number of nitrogens with one attached hydrogen (secondary N) is 1. The SMILES string of the molecule is COc1ccc(CNC(=O)CCN2CCN(c3ncccn3)CC2)cc1OC. The highest BCUT2D eigenvalue weighted by molar-refractivity contribution is 5.76. The topological polar surface area (TPSA) is 79.8 Å². The van der Waals surface area contributed by atoms with E-state index in [1.54, 1.807) is 26.6 Å². The molecule has 1 N–H and O–H groups in total. The Morgan fingerprint density at radius 2 is 1.79 bits per heavy atom. The van der Waals surface area contributed by atoms with Gasteiger partial charge in [-0.25, -0.2) is 9.97 Å². The molecule has 8 heteroatoms. The van der Waals surface area contributed by atoms with Crippen molar-refractivity contribution in [1.29, 1.82) is 0 Å². The van der Waals surface area contributed by atoms with Crippen molar-refractivity contribution in [3.63, 3.8) is 0 Å². The maximum Gasteiger partial charge on any atom is 0.225 e. The van der Waals surface area contributed by atoms with E-state index in [-0.39, 0.29) is 5.91 Å². The molecule has 1 aliphatic heterocycles. The Kier molecular flexibility index (Phi) is 7.02. The van der Waals surface area contributed by atoms with E-state index >= 15 is 0 Å². The molecular weight excluding hydrogens is 358 g/mol. The lowest BCUT2D eigenvalue weighted by atomic mass is 10.2. The third-order valence-corrected chi connectivity index (χ3v) is 4.80. The lowest BCUT2D eigenvalue weighted by Gasteiger charge is -2.34. The number of nitrogens with zero attached hydrogens (tertiary/aromatic N) is 4. The van der Waals surface area contributed by atoms with Gasteiger partial charge in [-0.15, -0.1) is 0 Å². The second kappa shape index (κ2) is 9.89. The Morgan fingerprint density at radius 1 is 1.07 bits per heavy atom. The molecule has 8 nitrogen and oxygen atoms in total. The molecule has 1 aliphatic rings. The van der Waals surface area contributed by atoms with Crippen LogP contribution in [0.3, 0.4) is 0 Å². The van der Waals surface area contributed by atoms with Crippen molar-refractivity contribution in [3.05, 3.63) is 42.2 Å². The number of carbonyl (C=O) groups is 1. The molecule has 28 heavy (non-hydrogen) atoms. The van der Waals surface area contributed by atoms with Crippen LogP contribution < -0.4 is 19.7 Å². The fraction of sp³-hybridized carbons (Fsp3) is 0.450. The summed E-state index contributed by atoms with van der Waals surface area (Å²) in [7, 11) is 3.20. The summed E-state index contributed by atoms with van der Waals surface area (Å²) in [6.45, 7) is 4.77. The average molecular weight is 385 g/mol. The van der Waals surface area contributed by atoms with Crippen LogP contribution in [0.4, 0.5) is 5.95 Å². The Hall–Kier alpha value is -2.87. The van der Waals surface area contributed by atoms with Gasteiger partial charge < -0.3 is 19.7 Å². The standard InChI is InChI=1S/C20H27N5O3/c1-27-17-5-4-16(14-18(17)28-2)15-23-19(26)6-9-24-10-12-25(13-11-24)20-21-7-3-8-22-20/h3-5,7-8,14H,6,9-13,15H2,1-2H3,(H,23,26). The lowest BCUT2D eigenvalue weighted by molar-refractivity contribution is -0.121. The lowest BCUT2D eigenvalue weighted by Crippen LogP contribution is -2.47. The van der Waals surface area contributed by atoms with Crippen molar-refractivity contribution in [2.75, 3.05) is 51.8 Å². The maximum absolute atomic E-state index is 12.2. The predicted octanol–water partition coefficient (Wildman–Crippen LogP) is 1.32. The molecule has 1 fully saturated rings. The van der Waals surface area contributed by atoms with Crippen LogP contribution in [0.25, 0.3) is 0 Å². The summed E-state index contributed by atoms with van der Waals surface area (Å²) in [4.78, 5) is 25.3. The van der Waals surface area contributed by atoms with Gasteiger partial charge in [0.1, 0.15) is 0 Å². The molecule has 0 aliphatic carbocycles. The van der Waals surface area contributed by atoms with E-state index < -0.39 is 0 Å². The van der Waals surface area contributed by atoms with Gasteiger partial charge in [0, 0.05) is 58.1 Å². The Bertz CT molecular complexity index is 764. The minimum absolute atomic E-state index is 0.0450. The number of hydrogen-bond donors (Lipinski definition) is 1. The molecule has 150 valence electrons. The van der Waals surface area contributed by atoms with Gasteiger partial charge in [0.05, 0.1) is 14.2 Å². The number of rotatable bonds is 8. The molecule has 1 amide bonds. The van der Waals surface area contributed by atoms with Gasteiger partial charge in [0.15, 0.2) is 11.5 Å². The van der Waals surface area contributed by atoms with Crippen LogP contribution in [0.1, 0.15) is 12.0 Å². The third-order valence-electron chi connectivity index (χ3n) is 4.80. The summed E-state index contributed by atoms with van der Waals surface area (Å²) >= 11 is 0. The summed E-state index contributed by atoms with van der Waals surface area (Å²) in [5, 5.41) is 2.97. The largest absolute Gasteiger partial charge is 0.493 e. The number of carbonyl (C=O) groups excluding carboxylic acids is 1. The van der Waals surface area contributed by atoms with Gasteiger partial charge in [0.25, 0.3) is 0 Å². The molecule has 1 aromatic carbocycles. The van der Waals surface area contributed by atoms with Crippen LogP contribution in [0.5, 0.6) is 11.5 Å². The monoisotopic (exact) mass is 385 g/mol. The minimum atomic E-state index is 0.0450. The summed E-state index contributed by atoms with van der Waals surface area (Å²) < 4.78 is 10.5. The van der Waals surface area contributed by atoms with E-state index in [9.17, 15) is 4.79 Å². The molecule has 0 radical (unpaired) electrons. The fourth-order valence-electron chi connectivity index (χ4n) is 3.17. The van der Waals surface area contributed by atoms with Gasteiger partial charge in [-0.1, -0.05) is 6.07 Å². The number of ether oxygens (including phenoxy) is 2. The highest BCUT2D eigenvalue weighted by Crippen LogP contribution is 2.27. The number of aromatic nitrogens is 2. The van der Waals surface area contributed by atoms with Gasteiger partial charge in [-0.3, -0.25) is 9.69 Å². The number of hydrogen-bond acceptors (Lipinski definition) is 7. The smallest absolute Gasteiger partial charge is 0.225 e. The van der Waals surface area contributed by atoms with Crippen molar-refractivity contribution in [3.8, 4) is 11.5 Å². The predicted molar refractivity (Wildman–Crippen MR) is 107 cm³/mol. The highest BCUT2D eigenvalue weighted by atomic mass is 16.5. The van der Waals surface area contributed by atoms with E-state index in [2.05, 4.69) is 25.1 Å². The fourth-order valence-corrected chi connectivity index (χ4v) is 3.17. The molecule has 1 aromatic heterocycles. The van der Waals surface area contributed by atoms with E-state index in [1.165, 1.54) is 0 Å². The maximum atomic E-state index is 12.2. The first kappa shape index (κ1) is 19.9. The number of anilines is 1. The normalized spacial score (nSPS) is 14.6. The molecule has 2 heterocycles. The second-order valence-electron chi connectivity index (χ2n) is 6.59. The molecule has 0 bridgehead atoms. The van der Waals surface area contributed by atoms with E-state index in [0.29, 0.717) is 24.5 Å². The van der Waals surface area contributed by atoms with Crippen molar-refractivity contribution in [2.45, 2.75) is 13.0 Å². The molecule has 0 saturated carbocycles. The van der Waals surface area contributed by atoms with Crippen LogP contribution in [-0.2, 0) is 11.3 Å². The van der Waals surface area contributed by atoms with Crippen molar-refractivity contribution in [1.82, 2.24) is 20.2 Å². The Morgan fingerprint density at radius 3 is 2.46 bits per heavy atom. The Balaban J connectivity index is 1.38. The van der Waals surface area contributed by atoms with Crippen LogP contribution in [0.2, 0.25) is 0 Å². The van der Waals surface area contributed by atoms with Gasteiger partial charge in [-0.2, -0.15) is 0 Å². The van der Waals surface area contributed by atoms with Gasteiger partial charge in [-0.05, 0) is 23.8 Å². The van der Waals surface area contributed by atoms with Crippen LogP contribution in [0.15, 0.2) is 36.7 Å². The zero-order valence-corrected chi connectivity index (χ0v) is 16.4. The average Bonchev–Trinajstić information content (AvgIpc) is 2.77. The molecule has 0 atom stereocenters. The van der Waals surface area contributed by atoms with E-state index in [4.69, 9.17) is 9.47 Å². The first-order valence-corrected chi connectivity index (χ1v) is 9.41. The molecular formula is C20H27N5O3. The minimum Gasteiger partial charge on any atom is -0.493 e. The highest BCUT2D eigenvalue weighted by Gasteiger charge is 2.19. The summed E-state index contributed by atoms with van der Waals surface area (Å²) in [5.74, 6) is 2.16.